The number of carbonyl (C=O) groups is 1. The van der Waals surface area contributed by atoms with Gasteiger partial charge in [0.05, 0.1) is 5.69 Å². The van der Waals surface area contributed by atoms with Gasteiger partial charge in [0.25, 0.3) is 15.9 Å². The number of rotatable bonds is 5. The summed E-state index contributed by atoms with van der Waals surface area (Å²) in [6, 6.07) is 5.32. The SMILES string of the molecule is CC(C)CCN1C(=O)C(C2=NS(=O)(=O)c3cc(N4CCCC4)ccc3N2)=C(O)[C@@H]2[C@H]3CC[C@@H](C3)[C@@H]21. The number of anilines is 2. The van der Waals surface area contributed by atoms with Crippen molar-refractivity contribution in [2.45, 2.75) is 63.3 Å². The first-order chi connectivity index (χ1) is 16.7. The van der Waals surface area contributed by atoms with Gasteiger partial charge in [-0.3, -0.25) is 4.79 Å². The van der Waals surface area contributed by atoms with E-state index in [1.54, 1.807) is 12.1 Å². The van der Waals surface area contributed by atoms with Crippen LogP contribution in [0.4, 0.5) is 11.4 Å². The molecule has 1 aromatic carbocycles. The maximum atomic E-state index is 13.8. The van der Waals surface area contributed by atoms with Gasteiger partial charge in [-0.15, -0.1) is 4.40 Å². The molecule has 1 amide bonds. The van der Waals surface area contributed by atoms with Crippen molar-refractivity contribution < 1.29 is 18.3 Å². The van der Waals surface area contributed by atoms with E-state index >= 15 is 0 Å². The molecule has 188 valence electrons. The number of nitrogens with one attached hydrogen (secondary N) is 1. The first-order valence-corrected chi connectivity index (χ1v) is 14.4. The minimum atomic E-state index is -4.03. The summed E-state index contributed by atoms with van der Waals surface area (Å²) >= 11 is 0. The number of benzene rings is 1. The summed E-state index contributed by atoms with van der Waals surface area (Å²) in [6.07, 6.45) is 6.18. The smallest absolute Gasteiger partial charge is 0.286 e. The standard InChI is InChI=1S/C26H34N4O4S/c1-15(2)9-12-30-23-17-6-5-16(13-17)21(23)24(31)22(26(30)32)25-27-19-8-7-18(29-10-3-4-11-29)14-20(19)35(33,34)28-25/h7-8,14-17,21,23,31H,3-6,9-13H2,1-2H3,(H,27,28)/t16-,17-,21+,23-/m0/s1. The Morgan fingerprint density at radius 2 is 1.91 bits per heavy atom. The van der Waals surface area contributed by atoms with Crippen molar-refractivity contribution in [2.24, 2.45) is 28.1 Å². The number of nitrogens with zero attached hydrogens (tertiary/aromatic N) is 3. The third kappa shape index (κ3) is 3.65. The van der Waals surface area contributed by atoms with E-state index in [-0.39, 0.29) is 39.9 Å². The van der Waals surface area contributed by atoms with Crippen molar-refractivity contribution in [1.82, 2.24) is 4.90 Å². The van der Waals surface area contributed by atoms with Gasteiger partial charge in [-0.25, -0.2) is 0 Å². The lowest BCUT2D eigenvalue weighted by molar-refractivity contribution is -0.133. The second-order valence-electron chi connectivity index (χ2n) is 11.2. The van der Waals surface area contributed by atoms with E-state index < -0.39 is 10.0 Å². The zero-order valence-electron chi connectivity index (χ0n) is 20.4. The highest BCUT2D eigenvalue weighted by molar-refractivity contribution is 7.90. The Hall–Kier alpha value is -2.55. The second kappa shape index (κ2) is 8.25. The number of sulfonamides is 1. The lowest BCUT2D eigenvalue weighted by atomic mass is 9.77. The fourth-order valence-electron chi connectivity index (χ4n) is 6.95. The van der Waals surface area contributed by atoms with Gasteiger partial charge in [0.1, 0.15) is 16.2 Å². The Morgan fingerprint density at radius 1 is 1.17 bits per heavy atom. The van der Waals surface area contributed by atoms with E-state index in [1.165, 1.54) is 0 Å². The van der Waals surface area contributed by atoms with Gasteiger partial charge in [0.15, 0.2) is 5.84 Å². The van der Waals surface area contributed by atoms with E-state index in [0.717, 1.165) is 57.3 Å². The van der Waals surface area contributed by atoms with Gasteiger partial charge in [-0.1, -0.05) is 13.8 Å². The van der Waals surface area contributed by atoms with E-state index in [4.69, 9.17) is 0 Å². The highest BCUT2D eigenvalue weighted by Crippen LogP contribution is 2.55. The molecule has 2 saturated carbocycles. The number of hydrogen-bond acceptors (Lipinski definition) is 6. The Kier molecular flexibility index (Phi) is 5.39. The van der Waals surface area contributed by atoms with Crippen LogP contribution in [-0.4, -0.2) is 55.8 Å². The summed E-state index contributed by atoms with van der Waals surface area (Å²) in [7, 11) is -4.03. The lowest BCUT2D eigenvalue weighted by Gasteiger charge is -2.44. The molecular weight excluding hydrogens is 464 g/mol. The zero-order valence-corrected chi connectivity index (χ0v) is 21.2. The maximum absolute atomic E-state index is 13.8. The normalized spacial score (nSPS) is 31.1. The molecule has 4 atom stereocenters. The number of aliphatic hydroxyl groups excluding tert-OH is 1. The van der Waals surface area contributed by atoms with E-state index in [1.807, 2.05) is 11.0 Å². The first-order valence-electron chi connectivity index (χ1n) is 13.0. The molecule has 2 bridgehead atoms. The number of fused-ring (bicyclic) bond motifs is 6. The molecule has 0 radical (unpaired) electrons. The topological polar surface area (TPSA) is 102 Å². The van der Waals surface area contributed by atoms with E-state index in [2.05, 4.69) is 28.5 Å². The molecule has 0 aromatic heterocycles. The monoisotopic (exact) mass is 498 g/mol. The Balaban J connectivity index is 1.39. The van der Waals surface area contributed by atoms with Crippen LogP contribution in [-0.2, 0) is 14.8 Å². The van der Waals surface area contributed by atoms with Gasteiger partial charge < -0.3 is 20.2 Å². The zero-order chi connectivity index (χ0) is 24.5. The molecule has 8 nitrogen and oxygen atoms in total. The Morgan fingerprint density at radius 3 is 2.66 bits per heavy atom. The third-order valence-corrected chi connectivity index (χ3v) is 9.96. The minimum Gasteiger partial charge on any atom is -0.511 e. The van der Waals surface area contributed by atoms with Crippen LogP contribution in [0.25, 0.3) is 0 Å². The molecule has 35 heavy (non-hydrogen) atoms. The summed E-state index contributed by atoms with van der Waals surface area (Å²) in [6.45, 7) is 6.69. The first kappa shape index (κ1) is 22.9. The number of aliphatic hydroxyl groups is 1. The van der Waals surface area contributed by atoms with Crippen molar-refractivity contribution in [3.63, 3.8) is 0 Å². The summed E-state index contributed by atoms with van der Waals surface area (Å²) in [4.78, 5) is 18.0. The summed E-state index contributed by atoms with van der Waals surface area (Å²) < 4.78 is 30.6. The van der Waals surface area contributed by atoms with Crippen LogP contribution in [0, 0.1) is 23.7 Å². The molecule has 5 aliphatic rings. The molecule has 6 rings (SSSR count). The lowest BCUT2D eigenvalue weighted by Crippen LogP contribution is -2.54. The van der Waals surface area contributed by atoms with Gasteiger partial charge >= 0.3 is 0 Å². The molecule has 9 heteroatoms. The number of hydrogen-bond donors (Lipinski definition) is 2. The predicted octanol–water partition coefficient (Wildman–Crippen LogP) is 3.91. The van der Waals surface area contributed by atoms with Crippen LogP contribution in [0.5, 0.6) is 0 Å². The molecule has 2 N–H and O–H groups in total. The van der Waals surface area contributed by atoms with Crippen LogP contribution in [0.3, 0.4) is 0 Å². The minimum absolute atomic E-state index is 0.000136. The molecular formula is C26H34N4O4S. The Bertz CT molecular complexity index is 1230. The summed E-state index contributed by atoms with van der Waals surface area (Å²) in [5.74, 6) is 0.682. The van der Waals surface area contributed by atoms with Crippen molar-refractivity contribution in [3.05, 3.63) is 29.5 Å². The van der Waals surface area contributed by atoms with Crippen LogP contribution in [0.2, 0.25) is 0 Å². The third-order valence-electron chi connectivity index (χ3n) is 8.64. The van der Waals surface area contributed by atoms with Crippen LogP contribution >= 0.6 is 0 Å². The van der Waals surface area contributed by atoms with Crippen LogP contribution in [0.1, 0.15) is 52.4 Å². The molecule has 1 saturated heterocycles. The fourth-order valence-corrected chi connectivity index (χ4v) is 8.09. The van der Waals surface area contributed by atoms with Crippen molar-refractivity contribution >= 4 is 33.1 Å². The van der Waals surface area contributed by atoms with E-state index in [9.17, 15) is 18.3 Å². The summed E-state index contributed by atoms with van der Waals surface area (Å²) in [5.41, 5.74) is 1.29. The van der Waals surface area contributed by atoms with Gasteiger partial charge in [0.2, 0.25) is 0 Å². The van der Waals surface area contributed by atoms with Gasteiger partial charge in [0, 0.05) is 37.3 Å². The molecule has 0 unspecified atom stereocenters. The van der Waals surface area contributed by atoms with Crippen LogP contribution < -0.4 is 10.2 Å². The average Bonchev–Trinajstić information content (AvgIpc) is 3.56. The maximum Gasteiger partial charge on any atom is 0.286 e. The number of amides is 1. The quantitative estimate of drug-likeness (QED) is 0.638. The second-order valence-corrected chi connectivity index (χ2v) is 12.8. The van der Waals surface area contributed by atoms with Crippen molar-refractivity contribution in [3.8, 4) is 0 Å². The van der Waals surface area contributed by atoms with Crippen molar-refractivity contribution in [1.29, 1.82) is 0 Å². The van der Waals surface area contributed by atoms with Crippen molar-refractivity contribution in [2.75, 3.05) is 29.9 Å². The average molecular weight is 499 g/mol. The highest BCUT2D eigenvalue weighted by atomic mass is 32.2. The molecule has 0 spiro atoms. The number of amidine groups is 1. The van der Waals surface area contributed by atoms with Crippen LogP contribution in [0.15, 0.2) is 38.8 Å². The highest BCUT2D eigenvalue weighted by Gasteiger charge is 2.57. The molecule has 1 aromatic rings. The predicted molar refractivity (Wildman–Crippen MR) is 135 cm³/mol. The fraction of sp³-hybridized carbons (Fsp3) is 0.615. The number of carbonyl (C=O) groups excluding carboxylic acids is 1. The summed E-state index contributed by atoms with van der Waals surface area (Å²) in [5, 5.41) is 14.5. The molecule has 3 heterocycles. The molecule has 2 aliphatic carbocycles. The Labute approximate surface area is 207 Å². The van der Waals surface area contributed by atoms with Gasteiger partial charge in [-0.2, -0.15) is 8.42 Å². The van der Waals surface area contributed by atoms with Gasteiger partial charge in [-0.05, 0) is 74.5 Å². The van der Waals surface area contributed by atoms with E-state index in [0.29, 0.717) is 30.0 Å². The largest absolute Gasteiger partial charge is 0.511 e. The molecule has 3 aliphatic heterocycles. The molecule has 3 fully saturated rings.